The lowest BCUT2D eigenvalue weighted by molar-refractivity contribution is 0.713. The van der Waals surface area contributed by atoms with Crippen LogP contribution >= 0.6 is 0 Å². The quantitative estimate of drug-likeness (QED) is 0.897. The molecule has 0 saturated heterocycles. The fourth-order valence-electron chi connectivity index (χ4n) is 2.18. The normalized spacial score (nSPS) is 12.4. The van der Waals surface area contributed by atoms with Gasteiger partial charge in [-0.05, 0) is 43.7 Å². The van der Waals surface area contributed by atoms with Gasteiger partial charge in [-0.15, -0.1) is 0 Å². The second kappa shape index (κ2) is 5.98. The molecular formula is C17H22N2. The number of hydrogen-bond donors (Lipinski definition) is 1. The summed E-state index contributed by atoms with van der Waals surface area (Å²) in [5, 5.41) is 4.43. The minimum atomic E-state index is 0.555. The van der Waals surface area contributed by atoms with E-state index in [9.17, 15) is 0 Å². The predicted octanol–water partition coefficient (Wildman–Crippen LogP) is 3.80. The number of rotatable bonds is 4. The summed E-state index contributed by atoms with van der Waals surface area (Å²) in [6, 6.07) is 10.7. The largest absolute Gasteiger partial charge is 0.316 e. The van der Waals surface area contributed by atoms with E-state index in [-0.39, 0.29) is 0 Å². The van der Waals surface area contributed by atoms with Crippen molar-refractivity contribution in [1.82, 2.24) is 10.3 Å². The first-order valence-electron chi connectivity index (χ1n) is 6.82. The molecule has 2 nitrogen and oxygen atoms in total. The van der Waals surface area contributed by atoms with Crippen LogP contribution in [0.2, 0.25) is 0 Å². The standard InChI is InChI=1S/C17H22N2/c1-12(2)16(11-18-4)10-14-6-8-17-15(9-14)7-5-13(3)19-17/h5-10,12,18H,11H2,1-4H3/b16-10-. The highest BCUT2D eigenvalue weighted by Gasteiger charge is 2.03. The Balaban J connectivity index is 2.40. The van der Waals surface area contributed by atoms with Crippen molar-refractivity contribution in [3.05, 3.63) is 47.2 Å². The maximum Gasteiger partial charge on any atom is 0.0705 e. The fraction of sp³-hybridized carbons (Fsp3) is 0.353. The van der Waals surface area contributed by atoms with Crippen LogP contribution in [0.4, 0.5) is 0 Å². The minimum Gasteiger partial charge on any atom is -0.316 e. The predicted molar refractivity (Wildman–Crippen MR) is 83.2 cm³/mol. The van der Waals surface area contributed by atoms with E-state index in [0.717, 1.165) is 17.8 Å². The molecule has 0 aliphatic heterocycles. The number of aromatic nitrogens is 1. The summed E-state index contributed by atoms with van der Waals surface area (Å²) in [6.45, 7) is 7.42. The molecule has 1 aromatic heterocycles. The summed E-state index contributed by atoms with van der Waals surface area (Å²) >= 11 is 0. The van der Waals surface area contributed by atoms with E-state index in [4.69, 9.17) is 0 Å². The van der Waals surface area contributed by atoms with Crippen LogP contribution in [0.15, 0.2) is 35.9 Å². The molecule has 0 amide bonds. The van der Waals surface area contributed by atoms with Gasteiger partial charge >= 0.3 is 0 Å². The molecule has 0 aliphatic carbocycles. The van der Waals surface area contributed by atoms with Crippen LogP contribution in [-0.2, 0) is 0 Å². The number of nitrogens with one attached hydrogen (secondary N) is 1. The third-order valence-corrected chi connectivity index (χ3v) is 3.33. The smallest absolute Gasteiger partial charge is 0.0705 e. The molecule has 1 aromatic carbocycles. The van der Waals surface area contributed by atoms with Crippen molar-refractivity contribution in [2.75, 3.05) is 13.6 Å². The molecule has 0 fully saturated rings. The summed E-state index contributed by atoms with van der Waals surface area (Å²) in [5.74, 6) is 0.555. The molecule has 0 bridgehead atoms. The van der Waals surface area contributed by atoms with E-state index < -0.39 is 0 Å². The zero-order valence-electron chi connectivity index (χ0n) is 12.2. The summed E-state index contributed by atoms with van der Waals surface area (Å²) in [5.41, 5.74) is 4.80. The minimum absolute atomic E-state index is 0.555. The first-order valence-corrected chi connectivity index (χ1v) is 6.82. The lowest BCUT2D eigenvalue weighted by Gasteiger charge is -2.11. The molecule has 0 spiro atoms. The molecule has 1 heterocycles. The number of benzene rings is 1. The Morgan fingerprint density at radius 2 is 2.05 bits per heavy atom. The number of pyridine rings is 1. The van der Waals surface area contributed by atoms with Crippen LogP contribution in [0.25, 0.3) is 17.0 Å². The van der Waals surface area contributed by atoms with Gasteiger partial charge in [0.05, 0.1) is 5.52 Å². The van der Waals surface area contributed by atoms with E-state index in [1.807, 2.05) is 14.0 Å². The lowest BCUT2D eigenvalue weighted by Crippen LogP contribution is -2.13. The van der Waals surface area contributed by atoms with Gasteiger partial charge < -0.3 is 5.32 Å². The van der Waals surface area contributed by atoms with Crippen molar-refractivity contribution >= 4 is 17.0 Å². The molecule has 19 heavy (non-hydrogen) atoms. The average Bonchev–Trinajstić information content (AvgIpc) is 2.38. The Kier molecular flexibility index (Phi) is 4.33. The SMILES string of the molecule is CNC/C(=C/c1ccc2nc(C)ccc2c1)C(C)C. The topological polar surface area (TPSA) is 24.9 Å². The van der Waals surface area contributed by atoms with E-state index in [0.29, 0.717) is 5.92 Å². The Hall–Kier alpha value is -1.67. The average molecular weight is 254 g/mol. The third kappa shape index (κ3) is 3.42. The van der Waals surface area contributed by atoms with Crippen LogP contribution in [0.5, 0.6) is 0 Å². The van der Waals surface area contributed by atoms with Gasteiger partial charge in [0.1, 0.15) is 0 Å². The number of hydrogen-bond acceptors (Lipinski definition) is 2. The Morgan fingerprint density at radius 3 is 2.74 bits per heavy atom. The van der Waals surface area contributed by atoms with E-state index in [1.165, 1.54) is 16.5 Å². The second-order valence-electron chi connectivity index (χ2n) is 5.31. The third-order valence-electron chi connectivity index (χ3n) is 3.33. The van der Waals surface area contributed by atoms with Gasteiger partial charge in [0.25, 0.3) is 0 Å². The van der Waals surface area contributed by atoms with Gasteiger partial charge in [0, 0.05) is 17.6 Å². The zero-order chi connectivity index (χ0) is 13.8. The van der Waals surface area contributed by atoms with Gasteiger partial charge in [-0.3, -0.25) is 4.98 Å². The summed E-state index contributed by atoms with van der Waals surface area (Å²) < 4.78 is 0. The van der Waals surface area contributed by atoms with Gasteiger partial charge in [-0.2, -0.15) is 0 Å². The number of aryl methyl sites for hydroxylation is 1. The summed E-state index contributed by atoms with van der Waals surface area (Å²) in [6.07, 6.45) is 2.28. The Bertz CT molecular complexity index is 597. The first-order chi connectivity index (χ1) is 9.10. The maximum absolute atomic E-state index is 4.53. The molecule has 2 aromatic rings. The van der Waals surface area contributed by atoms with Crippen LogP contribution in [0, 0.1) is 12.8 Å². The molecule has 0 unspecified atom stereocenters. The monoisotopic (exact) mass is 254 g/mol. The van der Waals surface area contributed by atoms with Crippen molar-refractivity contribution in [2.24, 2.45) is 5.92 Å². The van der Waals surface area contributed by atoms with Crippen molar-refractivity contribution in [2.45, 2.75) is 20.8 Å². The molecule has 0 saturated carbocycles. The van der Waals surface area contributed by atoms with Crippen LogP contribution in [-0.4, -0.2) is 18.6 Å². The molecular weight excluding hydrogens is 232 g/mol. The van der Waals surface area contributed by atoms with Crippen molar-refractivity contribution < 1.29 is 0 Å². The molecule has 1 N–H and O–H groups in total. The summed E-state index contributed by atoms with van der Waals surface area (Å²) in [7, 11) is 1.99. The van der Waals surface area contributed by atoms with E-state index in [1.54, 1.807) is 0 Å². The van der Waals surface area contributed by atoms with E-state index in [2.05, 4.69) is 60.6 Å². The second-order valence-corrected chi connectivity index (χ2v) is 5.31. The van der Waals surface area contributed by atoms with Gasteiger partial charge in [0.2, 0.25) is 0 Å². The first kappa shape index (κ1) is 13.8. The highest BCUT2D eigenvalue weighted by Crippen LogP contribution is 2.19. The Morgan fingerprint density at radius 1 is 1.26 bits per heavy atom. The zero-order valence-corrected chi connectivity index (χ0v) is 12.2. The Labute approximate surface area is 115 Å². The number of fused-ring (bicyclic) bond motifs is 1. The van der Waals surface area contributed by atoms with Gasteiger partial charge in [0.15, 0.2) is 0 Å². The molecule has 2 heteroatoms. The van der Waals surface area contributed by atoms with Gasteiger partial charge in [-0.25, -0.2) is 0 Å². The van der Waals surface area contributed by atoms with Crippen LogP contribution in [0.1, 0.15) is 25.1 Å². The van der Waals surface area contributed by atoms with Crippen molar-refractivity contribution in [3.63, 3.8) is 0 Å². The summed E-state index contributed by atoms with van der Waals surface area (Å²) in [4.78, 5) is 4.53. The fourth-order valence-corrected chi connectivity index (χ4v) is 2.18. The van der Waals surface area contributed by atoms with Crippen LogP contribution in [0.3, 0.4) is 0 Å². The highest BCUT2D eigenvalue weighted by molar-refractivity contribution is 5.81. The molecule has 0 radical (unpaired) electrons. The van der Waals surface area contributed by atoms with Crippen molar-refractivity contribution in [3.8, 4) is 0 Å². The van der Waals surface area contributed by atoms with Gasteiger partial charge in [-0.1, -0.05) is 37.6 Å². The van der Waals surface area contributed by atoms with Crippen molar-refractivity contribution in [1.29, 1.82) is 0 Å². The van der Waals surface area contributed by atoms with Crippen LogP contribution < -0.4 is 5.32 Å². The number of nitrogens with zero attached hydrogens (tertiary/aromatic N) is 1. The highest BCUT2D eigenvalue weighted by atomic mass is 14.8. The number of likely N-dealkylation sites (N-methyl/N-ethyl adjacent to an activating group) is 1. The molecule has 0 atom stereocenters. The molecule has 2 rings (SSSR count). The molecule has 100 valence electrons. The lowest BCUT2D eigenvalue weighted by atomic mass is 9.99. The molecule has 0 aliphatic rings. The van der Waals surface area contributed by atoms with E-state index >= 15 is 0 Å². The maximum atomic E-state index is 4.53.